The van der Waals surface area contributed by atoms with E-state index in [1.54, 1.807) is 31.2 Å². The first-order valence-electron chi connectivity index (χ1n) is 7.58. The van der Waals surface area contributed by atoms with Crippen molar-refractivity contribution >= 4 is 17.6 Å². The summed E-state index contributed by atoms with van der Waals surface area (Å²) in [4.78, 5) is 27.4. The van der Waals surface area contributed by atoms with E-state index in [0.717, 1.165) is 5.56 Å². The van der Waals surface area contributed by atoms with E-state index in [2.05, 4.69) is 16.4 Å². The number of methoxy groups -OCH3 is 1. The quantitative estimate of drug-likeness (QED) is 0.826. The molecule has 0 saturated carbocycles. The first kappa shape index (κ1) is 17.3. The fourth-order valence-corrected chi connectivity index (χ4v) is 2.52. The van der Waals surface area contributed by atoms with E-state index in [0.29, 0.717) is 41.0 Å². The number of aromatic amines is 1. The number of hydrogen-bond donors (Lipinski definition) is 2. The molecule has 0 aliphatic carbocycles. The molecule has 24 heavy (non-hydrogen) atoms. The zero-order valence-corrected chi connectivity index (χ0v) is 13.9. The van der Waals surface area contributed by atoms with Gasteiger partial charge in [-0.05, 0) is 36.6 Å². The van der Waals surface area contributed by atoms with Gasteiger partial charge in [0.15, 0.2) is 0 Å². The highest BCUT2D eigenvalue weighted by atomic mass is 16.5. The van der Waals surface area contributed by atoms with Gasteiger partial charge in [0.2, 0.25) is 0 Å². The van der Waals surface area contributed by atoms with Crippen molar-refractivity contribution in [3.8, 4) is 6.07 Å². The second-order valence-electron chi connectivity index (χ2n) is 5.31. The van der Waals surface area contributed by atoms with Crippen molar-refractivity contribution in [3.63, 3.8) is 0 Å². The third-order valence-electron chi connectivity index (χ3n) is 3.79. The molecule has 0 unspecified atom stereocenters. The molecule has 2 aromatic rings. The number of carbonyl (C=O) groups is 2. The summed E-state index contributed by atoms with van der Waals surface area (Å²) in [6.07, 6.45) is 0.910. The van der Waals surface area contributed by atoms with Crippen molar-refractivity contribution in [2.75, 3.05) is 12.4 Å². The van der Waals surface area contributed by atoms with E-state index < -0.39 is 5.97 Å². The molecule has 2 N–H and O–H groups in total. The molecule has 6 nitrogen and oxygen atoms in total. The lowest BCUT2D eigenvalue weighted by Crippen LogP contribution is -2.14. The van der Waals surface area contributed by atoms with Crippen molar-refractivity contribution in [1.82, 2.24) is 4.98 Å². The van der Waals surface area contributed by atoms with Crippen LogP contribution in [0.1, 0.15) is 44.6 Å². The van der Waals surface area contributed by atoms with E-state index in [9.17, 15) is 9.59 Å². The highest BCUT2D eigenvalue weighted by Crippen LogP contribution is 2.21. The molecule has 0 bridgehead atoms. The number of ether oxygens (including phenoxy) is 1. The molecule has 0 fully saturated rings. The van der Waals surface area contributed by atoms with Gasteiger partial charge in [-0.25, -0.2) is 4.79 Å². The van der Waals surface area contributed by atoms with Crippen LogP contribution in [0.5, 0.6) is 0 Å². The average Bonchev–Trinajstić information content (AvgIpc) is 2.93. The molecule has 124 valence electrons. The zero-order chi connectivity index (χ0) is 17.7. The van der Waals surface area contributed by atoms with E-state index in [4.69, 9.17) is 10.00 Å². The number of amides is 1. The topological polar surface area (TPSA) is 95.0 Å². The number of rotatable bonds is 5. The zero-order valence-electron chi connectivity index (χ0n) is 13.9. The number of anilines is 1. The number of benzene rings is 1. The molecule has 0 aliphatic heterocycles. The Kier molecular flexibility index (Phi) is 5.38. The van der Waals surface area contributed by atoms with E-state index in [1.165, 1.54) is 7.11 Å². The van der Waals surface area contributed by atoms with E-state index in [-0.39, 0.29) is 5.91 Å². The number of aromatic nitrogens is 1. The van der Waals surface area contributed by atoms with Crippen LogP contribution in [0.3, 0.4) is 0 Å². The first-order valence-corrected chi connectivity index (χ1v) is 7.58. The summed E-state index contributed by atoms with van der Waals surface area (Å²) in [5, 5.41) is 11.5. The minimum Gasteiger partial charge on any atom is -0.465 e. The van der Waals surface area contributed by atoms with Gasteiger partial charge in [0, 0.05) is 11.4 Å². The monoisotopic (exact) mass is 325 g/mol. The SMILES string of the molecule is CCc1[nH]c(C(=O)Nc2ccc(CC#N)cc2)c(C)c1C(=O)OC. The maximum Gasteiger partial charge on any atom is 0.339 e. The van der Waals surface area contributed by atoms with E-state index in [1.807, 2.05) is 6.92 Å². The van der Waals surface area contributed by atoms with Crippen LogP contribution in [-0.2, 0) is 17.6 Å². The minimum atomic E-state index is -0.458. The Morgan fingerprint density at radius 1 is 1.29 bits per heavy atom. The van der Waals surface area contributed by atoms with Crippen molar-refractivity contribution in [2.45, 2.75) is 26.7 Å². The number of nitrogens with zero attached hydrogens (tertiary/aromatic N) is 1. The fourth-order valence-electron chi connectivity index (χ4n) is 2.52. The molecular formula is C18H19N3O3. The Morgan fingerprint density at radius 2 is 1.96 bits per heavy atom. The third kappa shape index (κ3) is 3.46. The summed E-state index contributed by atoms with van der Waals surface area (Å²) in [5.41, 5.74) is 3.50. The summed E-state index contributed by atoms with van der Waals surface area (Å²) < 4.78 is 4.79. The summed E-state index contributed by atoms with van der Waals surface area (Å²) in [5.74, 6) is -0.786. The van der Waals surface area contributed by atoms with Gasteiger partial charge < -0.3 is 15.0 Å². The molecule has 0 radical (unpaired) electrons. The Bertz CT molecular complexity index is 798. The Labute approximate surface area is 140 Å². The number of carbonyl (C=O) groups excluding carboxylic acids is 2. The fraction of sp³-hybridized carbons (Fsp3) is 0.278. The minimum absolute atomic E-state index is 0.326. The maximum atomic E-state index is 12.5. The number of aryl methyl sites for hydroxylation is 1. The van der Waals surface area contributed by atoms with Crippen LogP contribution in [0.4, 0.5) is 5.69 Å². The van der Waals surface area contributed by atoms with Crippen LogP contribution in [-0.4, -0.2) is 24.0 Å². The molecule has 1 aromatic heterocycles. The summed E-state index contributed by atoms with van der Waals surface area (Å²) in [6, 6.07) is 9.13. The highest BCUT2D eigenvalue weighted by molar-refractivity contribution is 6.06. The van der Waals surface area contributed by atoms with Gasteiger partial charge >= 0.3 is 5.97 Å². The van der Waals surface area contributed by atoms with Gasteiger partial charge in [0.05, 0.1) is 25.2 Å². The lowest BCUT2D eigenvalue weighted by Gasteiger charge is -2.06. The molecule has 0 saturated heterocycles. The van der Waals surface area contributed by atoms with Crippen molar-refractivity contribution < 1.29 is 14.3 Å². The number of nitrogens with one attached hydrogen (secondary N) is 2. The predicted molar refractivity (Wildman–Crippen MR) is 90.0 cm³/mol. The lowest BCUT2D eigenvalue weighted by atomic mass is 10.1. The van der Waals surface area contributed by atoms with Crippen molar-refractivity contribution in [1.29, 1.82) is 5.26 Å². The Hall–Kier alpha value is -3.07. The van der Waals surface area contributed by atoms with Crippen LogP contribution >= 0.6 is 0 Å². The molecule has 1 heterocycles. The van der Waals surface area contributed by atoms with Crippen LogP contribution in [0.2, 0.25) is 0 Å². The molecular weight excluding hydrogens is 306 g/mol. The van der Waals surface area contributed by atoms with E-state index >= 15 is 0 Å². The first-order chi connectivity index (χ1) is 11.5. The number of H-pyrrole nitrogens is 1. The summed E-state index contributed by atoms with van der Waals surface area (Å²) >= 11 is 0. The van der Waals surface area contributed by atoms with Gasteiger partial charge in [-0.3, -0.25) is 4.79 Å². The third-order valence-corrected chi connectivity index (χ3v) is 3.79. The number of esters is 1. The van der Waals surface area contributed by atoms with Crippen LogP contribution < -0.4 is 5.32 Å². The predicted octanol–water partition coefficient (Wildman–Crippen LogP) is 2.99. The second-order valence-corrected chi connectivity index (χ2v) is 5.31. The molecule has 1 aromatic carbocycles. The van der Waals surface area contributed by atoms with Gasteiger partial charge in [0.1, 0.15) is 5.69 Å². The molecule has 2 rings (SSSR count). The van der Waals surface area contributed by atoms with Crippen LogP contribution in [0.25, 0.3) is 0 Å². The second kappa shape index (κ2) is 7.47. The lowest BCUT2D eigenvalue weighted by molar-refractivity contribution is 0.0599. The Balaban J connectivity index is 2.25. The van der Waals surface area contributed by atoms with Gasteiger partial charge in [-0.2, -0.15) is 5.26 Å². The maximum absolute atomic E-state index is 12.5. The standard InChI is InChI=1S/C18H19N3O3/c1-4-14-15(18(23)24-3)11(2)16(21-14)17(22)20-13-7-5-12(6-8-13)9-10-19/h5-8,21H,4,9H2,1-3H3,(H,20,22). The molecule has 0 spiro atoms. The van der Waals surface area contributed by atoms with Gasteiger partial charge in [0.25, 0.3) is 5.91 Å². The van der Waals surface area contributed by atoms with Crippen LogP contribution in [0, 0.1) is 18.3 Å². The molecule has 0 atom stereocenters. The molecule has 6 heteroatoms. The summed E-state index contributed by atoms with van der Waals surface area (Å²) in [7, 11) is 1.32. The smallest absolute Gasteiger partial charge is 0.339 e. The molecule has 0 aliphatic rings. The average molecular weight is 325 g/mol. The molecule has 1 amide bonds. The normalized spacial score (nSPS) is 10.1. The van der Waals surface area contributed by atoms with Crippen molar-refractivity contribution in [2.24, 2.45) is 0 Å². The highest BCUT2D eigenvalue weighted by Gasteiger charge is 2.23. The van der Waals surface area contributed by atoms with Crippen LogP contribution in [0.15, 0.2) is 24.3 Å². The Morgan fingerprint density at radius 3 is 2.50 bits per heavy atom. The van der Waals surface area contributed by atoms with Gasteiger partial charge in [-0.15, -0.1) is 0 Å². The number of nitriles is 1. The van der Waals surface area contributed by atoms with Crippen molar-refractivity contribution in [3.05, 3.63) is 52.3 Å². The number of hydrogen-bond acceptors (Lipinski definition) is 4. The largest absolute Gasteiger partial charge is 0.465 e. The summed E-state index contributed by atoms with van der Waals surface area (Å²) in [6.45, 7) is 3.61. The van der Waals surface area contributed by atoms with Gasteiger partial charge in [-0.1, -0.05) is 19.1 Å².